The number of likely N-dealkylation sites (tertiary alicyclic amines) is 1. The molecule has 2 fully saturated rings. The zero-order valence-corrected chi connectivity index (χ0v) is 13.3. The number of aryl methyl sites for hydroxylation is 1. The average molecular weight is 303 g/mol. The first-order valence-electron chi connectivity index (χ1n) is 8.38. The number of nitrogens with zero attached hydrogens (tertiary/aromatic N) is 1. The molecule has 0 radical (unpaired) electrons. The fourth-order valence-electron chi connectivity index (χ4n) is 3.24. The van der Waals surface area contributed by atoms with E-state index in [0.717, 1.165) is 50.9 Å². The van der Waals surface area contributed by atoms with Gasteiger partial charge in [0.1, 0.15) is 0 Å². The van der Waals surface area contributed by atoms with Crippen LogP contribution in [0.1, 0.15) is 48.5 Å². The van der Waals surface area contributed by atoms with E-state index in [1.54, 1.807) is 0 Å². The van der Waals surface area contributed by atoms with E-state index in [-0.39, 0.29) is 5.91 Å². The Hall–Kier alpha value is -1.39. The van der Waals surface area contributed by atoms with Gasteiger partial charge in [0.25, 0.3) is 5.91 Å². The normalized spacial score (nSPS) is 21.0. The van der Waals surface area contributed by atoms with Crippen LogP contribution in [0.25, 0.3) is 0 Å². The molecule has 0 N–H and O–H groups in total. The van der Waals surface area contributed by atoms with Crippen molar-refractivity contribution in [3.63, 3.8) is 0 Å². The lowest BCUT2D eigenvalue weighted by Gasteiger charge is -2.43. The van der Waals surface area contributed by atoms with E-state index in [4.69, 9.17) is 9.47 Å². The molecule has 1 aromatic carbocycles. The number of carbonyl (C=O) groups excluding carboxylic acids is 1. The Balaban J connectivity index is 1.59. The number of hydrogen-bond donors (Lipinski definition) is 0. The second-order valence-corrected chi connectivity index (χ2v) is 6.20. The van der Waals surface area contributed by atoms with Crippen molar-refractivity contribution in [1.82, 2.24) is 4.90 Å². The van der Waals surface area contributed by atoms with Crippen LogP contribution < -0.4 is 0 Å². The maximum Gasteiger partial charge on any atom is 0.253 e. The van der Waals surface area contributed by atoms with Crippen LogP contribution in [-0.4, -0.2) is 42.9 Å². The van der Waals surface area contributed by atoms with Crippen LogP contribution in [0.5, 0.6) is 0 Å². The summed E-state index contributed by atoms with van der Waals surface area (Å²) < 4.78 is 11.6. The Morgan fingerprint density at radius 1 is 1.14 bits per heavy atom. The number of amides is 1. The van der Waals surface area contributed by atoms with E-state index in [0.29, 0.717) is 13.1 Å². The van der Waals surface area contributed by atoms with Crippen LogP contribution in [0, 0.1) is 0 Å². The molecule has 2 aliphatic heterocycles. The molecule has 22 heavy (non-hydrogen) atoms. The van der Waals surface area contributed by atoms with Crippen molar-refractivity contribution >= 4 is 5.91 Å². The summed E-state index contributed by atoms with van der Waals surface area (Å²) in [4.78, 5) is 14.5. The summed E-state index contributed by atoms with van der Waals surface area (Å²) in [6.45, 7) is 5.11. The maximum atomic E-state index is 12.6. The van der Waals surface area contributed by atoms with Gasteiger partial charge in [-0.1, -0.05) is 25.5 Å². The van der Waals surface area contributed by atoms with E-state index in [2.05, 4.69) is 19.1 Å². The van der Waals surface area contributed by atoms with Crippen LogP contribution in [0.4, 0.5) is 0 Å². The highest BCUT2D eigenvalue weighted by Gasteiger charge is 2.39. The molecule has 2 aliphatic rings. The zero-order chi connectivity index (χ0) is 15.4. The highest BCUT2D eigenvalue weighted by atomic mass is 16.7. The number of ether oxygens (including phenoxy) is 2. The second-order valence-electron chi connectivity index (χ2n) is 6.20. The summed E-state index contributed by atoms with van der Waals surface area (Å²) in [5, 5.41) is 0. The maximum absolute atomic E-state index is 12.6. The molecule has 0 atom stereocenters. The molecule has 0 bridgehead atoms. The minimum absolute atomic E-state index is 0.119. The standard InChI is InChI=1S/C18H25NO3/c1-2-4-15-5-7-16(8-6-15)17(20)19-11-9-18(10-12-19)21-13-3-14-22-18/h5-8H,2-4,9-14H2,1H3. The summed E-state index contributed by atoms with van der Waals surface area (Å²) in [5.74, 6) is -0.311. The van der Waals surface area contributed by atoms with Gasteiger partial charge in [-0.15, -0.1) is 0 Å². The van der Waals surface area contributed by atoms with Crippen molar-refractivity contribution in [2.75, 3.05) is 26.3 Å². The molecular weight excluding hydrogens is 278 g/mol. The van der Waals surface area contributed by atoms with Crippen molar-refractivity contribution in [3.8, 4) is 0 Å². The van der Waals surface area contributed by atoms with Gasteiger partial charge in [-0.25, -0.2) is 0 Å². The van der Waals surface area contributed by atoms with Crippen molar-refractivity contribution in [1.29, 1.82) is 0 Å². The number of piperidine rings is 1. The molecule has 1 amide bonds. The van der Waals surface area contributed by atoms with Crippen LogP contribution >= 0.6 is 0 Å². The van der Waals surface area contributed by atoms with E-state index in [1.165, 1.54) is 5.56 Å². The average Bonchev–Trinajstić information content (AvgIpc) is 2.57. The van der Waals surface area contributed by atoms with Crippen LogP contribution in [0.3, 0.4) is 0 Å². The van der Waals surface area contributed by atoms with E-state index < -0.39 is 5.79 Å². The predicted octanol–water partition coefficient (Wildman–Crippen LogP) is 3.01. The highest BCUT2D eigenvalue weighted by molar-refractivity contribution is 5.94. The van der Waals surface area contributed by atoms with Gasteiger partial charge >= 0.3 is 0 Å². The molecule has 0 aromatic heterocycles. The summed E-state index contributed by atoms with van der Waals surface area (Å²) in [6, 6.07) is 8.03. The van der Waals surface area contributed by atoms with Crippen LogP contribution in [-0.2, 0) is 15.9 Å². The Morgan fingerprint density at radius 2 is 1.77 bits per heavy atom. The van der Waals surface area contributed by atoms with Crippen molar-refractivity contribution in [2.45, 2.75) is 44.8 Å². The molecule has 0 saturated carbocycles. The Kier molecular flexibility index (Phi) is 4.79. The number of rotatable bonds is 3. The van der Waals surface area contributed by atoms with Crippen LogP contribution in [0.15, 0.2) is 24.3 Å². The van der Waals surface area contributed by atoms with Gasteiger partial charge in [0, 0.05) is 31.5 Å². The van der Waals surface area contributed by atoms with Crippen molar-refractivity contribution in [3.05, 3.63) is 35.4 Å². The Morgan fingerprint density at radius 3 is 2.36 bits per heavy atom. The highest BCUT2D eigenvalue weighted by Crippen LogP contribution is 2.31. The third-order valence-electron chi connectivity index (χ3n) is 4.57. The lowest BCUT2D eigenvalue weighted by molar-refractivity contribution is -0.281. The quantitative estimate of drug-likeness (QED) is 0.861. The fraction of sp³-hybridized carbons (Fsp3) is 0.611. The molecule has 4 nitrogen and oxygen atoms in total. The molecule has 1 aromatic rings. The monoisotopic (exact) mass is 303 g/mol. The minimum atomic E-state index is -0.431. The summed E-state index contributed by atoms with van der Waals surface area (Å²) in [7, 11) is 0. The van der Waals surface area contributed by atoms with Crippen LogP contribution in [0.2, 0.25) is 0 Å². The SMILES string of the molecule is CCCc1ccc(C(=O)N2CCC3(CC2)OCCCO3)cc1. The van der Waals surface area contributed by atoms with Gasteiger partial charge in [0.05, 0.1) is 13.2 Å². The van der Waals surface area contributed by atoms with Gasteiger partial charge in [0.2, 0.25) is 0 Å². The number of hydrogen-bond acceptors (Lipinski definition) is 3. The van der Waals surface area contributed by atoms with Gasteiger partial charge in [-0.2, -0.15) is 0 Å². The van der Waals surface area contributed by atoms with Crippen molar-refractivity contribution < 1.29 is 14.3 Å². The number of carbonyl (C=O) groups is 1. The number of benzene rings is 1. The van der Waals surface area contributed by atoms with Gasteiger partial charge in [0.15, 0.2) is 5.79 Å². The summed E-state index contributed by atoms with van der Waals surface area (Å²) in [5.41, 5.74) is 2.07. The third kappa shape index (κ3) is 3.33. The second kappa shape index (κ2) is 6.80. The molecule has 1 spiro atoms. The van der Waals surface area contributed by atoms with Gasteiger partial charge < -0.3 is 14.4 Å². The minimum Gasteiger partial charge on any atom is -0.350 e. The molecule has 0 aliphatic carbocycles. The third-order valence-corrected chi connectivity index (χ3v) is 4.57. The molecule has 120 valence electrons. The Labute approximate surface area is 132 Å². The molecule has 0 unspecified atom stereocenters. The topological polar surface area (TPSA) is 38.8 Å². The Bertz CT molecular complexity index is 496. The predicted molar refractivity (Wildman–Crippen MR) is 84.8 cm³/mol. The molecule has 2 heterocycles. The van der Waals surface area contributed by atoms with Gasteiger partial charge in [-0.05, 0) is 30.5 Å². The molecular formula is C18H25NO3. The lowest BCUT2D eigenvalue weighted by Crippen LogP contribution is -2.51. The summed E-state index contributed by atoms with van der Waals surface area (Å²) in [6.07, 6.45) is 4.70. The zero-order valence-electron chi connectivity index (χ0n) is 13.3. The first kappa shape index (κ1) is 15.5. The molecule has 2 saturated heterocycles. The smallest absolute Gasteiger partial charge is 0.253 e. The first-order chi connectivity index (χ1) is 10.7. The van der Waals surface area contributed by atoms with E-state index >= 15 is 0 Å². The van der Waals surface area contributed by atoms with Gasteiger partial charge in [-0.3, -0.25) is 4.79 Å². The largest absolute Gasteiger partial charge is 0.350 e. The lowest BCUT2D eigenvalue weighted by atomic mass is 10.0. The van der Waals surface area contributed by atoms with E-state index in [1.807, 2.05) is 17.0 Å². The summed E-state index contributed by atoms with van der Waals surface area (Å²) >= 11 is 0. The first-order valence-corrected chi connectivity index (χ1v) is 8.38. The molecule has 4 heteroatoms. The fourth-order valence-corrected chi connectivity index (χ4v) is 3.24. The van der Waals surface area contributed by atoms with Crippen molar-refractivity contribution in [2.24, 2.45) is 0 Å². The van der Waals surface area contributed by atoms with E-state index in [9.17, 15) is 4.79 Å². The molecule has 3 rings (SSSR count).